The summed E-state index contributed by atoms with van der Waals surface area (Å²) in [5.74, 6) is -2.15. The number of carbonyl (C=O) groups is 1. The summed E-state index contributed by atoms with van der Waals surface area (Å²) in [6, 6.07) is 8.94. The maximum absolute atomic E-state index is 11.5. The summed E-state index contributed by atoms with van der Waals surface area (Å²) in [5, 5.41) is 19.2. The number of rotatable bonds is 8. The Morgan fingerprint density at radius 2 is 1.92 bits per heavy atom. The summed E-state index contributed by atoms with van der Waals surface area (Å²) < 4.78 is 5.25. The molecule has 1 rings (SSSR count). The Morgan fingerprint density at radius 1 is 1.27 bits per heavy atom. The summed E-state index contributed by atoms with van der Waals surface area (Å²) in [6.45, 7) is 5.46. The molecule has 0 aliphatic carbocycles. The highest BCUT2D eigenvalue weighted by molar-refractivity contribution is 6.55. The number of carboxylic acids is 1. The number of allylic oxidation sites excluding steroid dienone is 2. The molecular formula is C19H20Cl3NO3. The van der Waals surface area contributed by atoms with E-state index in [1.807, 2.05) is 13.8 Å². The Morgan fingerprint density at radius 3 is 2.42 bits per heavy atom. The summed E-state index contributed by atoms with van der Waals surface area (Å²) in [6.07, 6.45) is 2.81. The van der Waals surface area contributed by atoms with Crippen molar-refractivity contribution in [2.75, 3.05) is 0 Å². The molecule has 0 fully saturated rings. The van der Waals surface area contributed by atoms with Gasteiger partial charge in [0.05, 0.1) is 12.0 Å². The van der Waals surface area contributed by atoms with Crippen LogP contribution in [0.3, 0.4) is 0 Å². The van der Waals surface area contributed by atoms with E-state index in [2.05, 4.69) is 6.07 Å². The van der Waals surface area contributed by atoms with Crippen molar-refractivity contribution < 1.29 is 14.6 Å². The van der Waals surface area contributed by atoms with Crippen molar-refractivity contribution in [3.63, 3.8) is 0 Å². The first-order valence-electron chi connectivity index (χ1n) is 7.94. The van der Waals surface area contributed by atoms with Crippen LogP contribution < -0.4 is 4.74 Å². The lowest BCUT2D eigenvalue weighted by Gasteiger charge is -2.22. The summed E-state index contributed by atoms with van der Waals surface area (Å²) in [5.41, 5.74) is 0.619. The molecule has 1 aromatic carbocycles. The highest BCUT2D eigenvalue weighted by atomic mass is 35.5. The normalized spacial score (nSPS) is 14.9. The van der Waals surface area contributed by atoms with E-state index in [1.165, 1.54) is 6.26 Å². The standard InChI is InChI=1S/C19H20Cl3NO3/c1-11(2)18(19(24)25)12(3)7-16(20)15(9-23)13-5-4-6-14(8-13)26-10-17(21)22/h4-8,10-12,15,18H,1-3H3,(H,24,25). The van der Waals surface area contributed by atoms with E-state index in [0.29, 0.717) is 11.3 Å². The van der Waals surface area contributed by atoms with Crippen LogP contribution in [-0.4, -0.2) is 11.1 Å². The van der Waals surface area contributed by atoms with Gasteiger partial charge in [-0.3, -0.25) is 4.79 Å². The van der Waals surface area contributed by atoms with Gasteiger partial charge in [-0.15, -0.1) is 0 Å². The third kappa shape index (κ3) is 6.57. The van der Waals surface area contributed by atoms with Crippen LogP contribution in [0.2, 0.25) is 0 Å². The molecule has 0 heterocycles. The third-order valence-electron chi connectivity index (χ3n) is 3.87. The number of ether oxygens (including phenoxy) is 1. The zero-order chi connectivity index (χ0) is 19.9. The Kier molecular flexibility index (Phi) is 9.01. The van der Waals surface area contributed by atoms with Gasteiger partial charge in [0.25, 0.3) is 0 Å². The first-order chi connectivity index (χ1) is 12.2. The number of nitrogens with zero attached hydrogens (tertiary/aromatic N) is 1. The molecule has 0 saturated carbocycles. The number of halogens is 3. The molecule has 0 spiro atoms. The van der Waals surface area contributed by atoms with Gasteiger partial charge < -0.3 is 9.84 Å². The SMILES string of the molecule is CC(C)C(C(=O)O)C(C)C=C(Cl)C(C#N)c1cccc(OC=C(Cl)Cl)c1. The number of nitriles is 1. The van der Waals surface area contributed by atoms with Gasteiger partial charge in [0.2, 0.25) is 0 Å². The van der Waals surface area contributed by atoms with Crippen LogP contribution >= 0.6 is 34.8 Å². The van der Waals surface area contributed by atoms with Crippen molar-refractivity contribution in [1.82, 2.24) is 0 Å². The van der Waals surface area contributed by atoms with Crippen LogP contribution in [-0.2, 0) is 4.79 Å². The van der Waals surface area contributed by atoms with Gasteiger partial charge in [0.1, 0.15) is 22.4 Å². The molecule has 0 radical (unpaired) electrons. The van der Waals surface area contributed by atoms with Gasteiger partial charge in [0.15, 0.2) is 0 Å². The fourth-order valence-corrected chi connectivity index (χ4v) is 3.21. The van der Waals surface area contributed by atoms with E-state index in [0.717, 1.165) is 0 Å². The van der Waals surface area contributed by atoms with Crippen molar-refractivity contribution in [2.24, 2.45) is 17.8 Å². The summed E-state index contributed by atoms with van der Waals surface area (Å²) in [4.78, 5) is 11.5. The van der Waals surface area contributed by atoms with Crippen molar-refractivity contribution in [1.29, 1.82) is 5.26 Å². The number of aliphatic carboxylic acids is 1. The number of benzene rings is 1. The molecule has 3 unspecified atom stereocenters. The molecule has 0 bridgehead atoms. The second-order valence-electron chi connectivity index (χ2n) is 6.18. The van der Waals surface area contributed by atoms with Crippen molar-refractivity contribution in [2.45, 2.75) is 26.7 Å². The number of hydrogen-bond acceptors (Lipinski definition) is 3. The zero-order valence-corrected chi connectivity index (χ0v) is 16.9. The van der Waals surface area contributed by atoms with E-state index < -0.39 is 17.8 Å². The molecule has 0 aliphatic rings. The van der Waals surface area contributed by atoms with E-state index in [4.69, 9.17) is 39.5 Å². The molecule has 7 heteroatoms. The second-order valence-corrected chi connectivity index (χ2v) is 7.62. The van der Waals surface area contributed by atoms with Crippen molar-refractivity contribution >= 4 is 40.8 Å². The minimum Gasteiger partial charge on any atom is -0.481 e. The van der Waals surface area contributed by atoms with E-state index in [9.17, 15) is 15.2 Å². The Bertz CT molecular complexity index is 734. The lowest BCUT2D eigenvalue weighted by molar-refractivity contribution is -0.144. The fourth-order valence-electron chi connectivity index (χ4n) is 2.74. The average Bonchev–Trinajstić information content (AvgIpc) is 2.53. The van der Waals surface area contributed by atoms with E-state index in [1.54, 1.807) is 37.3 Å². The molecule has 140 valence electrons. The average molecular weight is 417 g/mol. The maximum atomic E-state index is 11.5. The zero-order valence-electron chi connectivity index (χ0n) is 14.6. The van der Waals surface area contributed by atoms with Gasteiger partial charge in [-0.25, -0.2) is 0 Å². The molecule has 0 amide bonds. The summed E-state index contributed by atoms with van der Waals surface area (Å²) in [7, 11) is 0. The highest BCUT2D eigenvalue weighted by Gasteiger charge is 2.28. The predicted octanol–water partition coefficient (Wildman–Crippen LogP) is 6.06. The smallest absolute Gasteiger partial charge is 0.307 e. The van der Waals surface area contributed by atoms with E-state index in [-0.39, 0.29) is 21.4 Å². The van der Waals surface area contributed by atoms with Crippen molar-refractivity contribution in [3.05, 3.63) is 51.7 Å². The van der Waals surface area contributed by atoms with Gasteiger partial charge in [-0.2, -0.15) is 5.26 Å². The Labute approximate surface area is 168 Å². The topological polar surface area (TPSA) is 70.3 Å². The maximum Gasteiger partial charge on any atom is 0.307 e. The lowest BCUT2D eigenvalue weighted by atomic mass is 9.83. The van der Waals surface area contributed by atoms with Gasteiger partial charge in [-0.05, 0) is 29.5 Å². The molecule has 1 aromatic rings. The second kappa shape index (κ2) is 10.5. The lowest BCUT2D eigenvalue weighted by Crippen LogP contribution is -2.25. The van der Waals surface area contributed by atoms with Gasteiger partial charge in [-0.1, -0.05) is 73.8 Å². The molecule has 1 N–H and O–H groups in total. The molecular weight excluding hydrogens is 397 g/mol. The van der Waals surface area contributed by atoms with Gasteiger partial charge >= 0.3 is 5.97 Å². The van der Waals surface area contributed by atoms with Crippen LogP contribution in [0.4, 0.5) is 0 Å². The molecule has 26 heavy (non-hydrogen) atoms. The third-order valence-corrected chi connectivity index (χ3v) is 4.39. The number of carboxylic acid groups (broad SMARTS) is 1. The van der Waals surface area contributed by atoms with Crippen LogP contribution in [0.25, 0.3) is 0 Å². The number of hydrogen-bond donors (Lipinski definition) is 1. The van der Waals surface area contributed by atoms with Crippen LogP contribution in [0.15, 0.2) is 46.1 Å². The molecule has 0 aliphatic heterocycles. The molecule has 0 saturated heterocycles. The van der Waals surface area contributed by atoms with Crippen LogP contribution in [0.1, 0.15) is 32.3 Å². The molecule has 3 atom stereocenters. The quantitative estimate of drug-likeness (QED) is 0.522. The molecule has 4 nitrogen and oxygen atoms in total. The van der Waals surface area contributed by atoms with Crippen LogP contribution in [0, 0.1) is 29.1 Å². The minimum atomic E-state index is -0.887. The minimum absolute atomic E-state index is 0.0348. The monoisotopic (exact) mass is 415 g/mol. The van der Waals surface area contributed by atoms with Crippen molar-refractivity contribution in [3.8, 4) is 11.8 Å². The highest BCUT2D eigenvalue weighted by Crippen LogP contribution is 2.32. The van der Waals surface area contributed by atoms with E-state index >= 15 is 0 Å². The first-order valence-corrected chi connectivity index (χ1v) is 9.08. The fraction of sp³-hybridized carbons (Fsp3) is 0.368. The predicted molar refractivity (Wildman–Crippen MR) is 104 cm³/mol. The molecule has 0 aromatic heterocycles. The summed E-state index contributed by atoms with van der Waals surface area (Å²) >= 11 is 17.4. The largest absolute Gasteiger partial charge is 0.481 e. The van der Waals surface area contributed by atoms with Crippen LogP contribution in [0.5, 0.6) is 5.75 Å². The Balaban J connectivity index is 3.11. The first kappa shape index (κ1) is 22.4. The Hall–Kier alpha value is -1.67. The van der Waals surface area contributed by atoms with Gasteiger partial charge in [0, 0.05) is 5.03 Å².